The van der Waals surface area contributed by atoms with E-state index in [9.17, 15) is 14.0 Å². The second-order valence-corrected chi connectivity index (χ2v) is 16.0. The maximum atomic E-state index is 14.0. The highest BCUT2D eigenvalue weighted by Gasteiger charge is 2.28. The molecule has 3 rings (SSSR count). The van der Waals surface area contributed by atoms with Crippen molar-refractivity contribution < 1.29 is 18.7 Å². The molecule has 0 saturated carbocycles. The smallest absolute Gasteiger partial charge is 0.171 e. The van der Waals surface area contributed by atoms with Crippen molar-refractivity contribution in [3.63, 3.8) is 0 Å². The van der Waals surface area contributed by atoms with Gasteiger partial charge in [0.1, 0.15) is 23.9 Å². The molecule has 2 aromatic heterocycles. The summed E-state index contributed by atoms with van der Waals surface area (Å²) >= 11 is 0. The number of anilines is 2. The predicted molar refractivity (Wildman–Crippen MR) is 130 cm³/mol. The number of hydrogen-bond acceptors (Lipinski definition) is 6. The number of benzene rings is 1. The molecule has 7 nitrogen and oxygen atoms in total. The van der Waals surface area contributed by atoms with Crippen LogP contribution >= 0.6 is 0 Å². The topological polar surface area (TPSA) is 86.1 Å². The Balaban J connectivity index is 1.93. The van der Waals surface area contributed by atoms with Gasteiger partial charge < -0.3 is 14.6 Å². The molecule has 0 saturated heterocycles. The number of hydrogen-bond donors (Lipinski definition) is 1. The van der Waals surface area contributed by atoms with E-state index in [4.69, 9.17) is 4.74 Å². The van der Waals surface area contributed by atoms with Gasteiger partial charge in [-0.3, -0.25) is 9.59 Å². The van der Waals surface area contributed by atoms with Gasteiger partial charge in [-0.15, -0.1) is 0 Å². The van der Waals surface area contributed by atoms with Gasteiger partial charge in [0, 0.05) is 32.0 Å². The molecule has 0 radical (unpaired) electrons. The number of aldehydes is 1. The highest BCUT2D eigenvalue weighted by atomic mass is 28.3. The van der Waals surface area contributed by atoms with Crippen molar-refractivity contribution >= 4 is 42.8 Å². The zero-order valence-corrected chi connectivity index (χ0v) is 21.0. The van der Waals surface area contributed by atoms with Gasteiger partial charge in [0.2, 0.25) is 0 Å². The van der Waals surface area contributed by atoms with E-state index in [2.05, 4.69) is 34.9 Å². The number of fused-ring (bicyclic) bond motifs is 1. The monoisotopic (exact) mass is 470 g/mol. The standard InChI is InChI=1S/C24H31FN4O3Si/c1-24(2,3)22(31)18-13-29(15-32-9-10-33(4,5)6)23-21(18)28-20(12-26-23)27-17-8-7-16(14-30)19(25)11-17/h7-8,11-14H,9-10,15H2,1-6H3,(H,27,28). The number of carbonyl (C=O) groups is 2. The Bertz CT molecular complexity index is 1180. The number of nitrogens with one attached hydrogen (secondary N) is 1. The second kappa shape index (κ2) is 9.52. The first-order chi connectivity index (χ1) is 15.4. The molecular weight excluding hydrogens is 439 g/mol. The molecule has 33 heavy (non-hydrogen) atoms. The second-order valence-electron chi connectivity index (χ2n) is 10.3. The quantitative estimate of drug-likeness (QED) is 0.188. The van der Waals surface area contributed by atoms with Crippen LogP contribution in [-0.2, 0) is 11.5 Å². The van der Waals surface area contributed by atoms with Crippen LogP contribution in [0.25, 0.3) is 11.2 Å². The molecule has 3 aromatic rings. The number of ketones is 1. The molecule has 9 heteroatoms. The van der Waals surface area contributed by atoms with Crippen molar-refractivity contribution in [1.29, 1.82) is 0 Å². The van der Waals surface area contributed by atoms with Crippen LogP contribution in [0.1, 0.15) is 41.5 Å². The summed E-state index contributed by atoms with van der Waals surface area (Å²) in [4.78, 5) is 33.1. The molecule has 0 spiro atoms. The average molecular weight is 471 g/mol. The van der Waals surface area contributed by atoms with E-state index in [1.807, 2.05) is 20.8 Å². The molecule has 0 atom stereocenters. The van der Waals surface area contributed by atoms with Crippen molar-refractivity contribution in [3.8, 4) is 0 Å². The fraction of sp³-hybridized carbons (Fsp3) is 0.417. The minimum absolute atomic E-state index is 0.0219. The van der Waals surface area contributed by atoms with E-state index < -0.39 is 19.3 Å². The van der Waals surface area contributed by atoms with E-state index >= 15 is 0 Å². The molecular formula is C24H31FN4O3Si. The summed E-state index contributed by atoms with van der Waals surface area (Å²) in [5.74, 6) is -0.323. The molecule has 0 unspecified atom stereocenters. The van der Waals surface area contributed by atoms with Crippen molar-refractivity contribution in [2.45, 2.75) is 53.2 Å². The number of ether oxygens (including phenoxy) is 1. The highest BCUT2D eigenvalue weighted by molar-refractivity contribution is 6.76. The van der Waals surface area contributed by atoms with Gasteiger partial charge >= 0.3 is 0 Å². The van der Waals surface area contributed by atoms with Crippen LogP contribution in [-0.4, -0.2) is 41.3 Å². The summed E-state index contributed by atoms with van der Waals surface area (Å²) in [7, 11) is -1.21. The first kappa shape index (κ1) is 24.7. The van der Waals surface area contributed by atoms with Crippen LogP contribution in [0.5, 0.6) is 0 Å². The molecule has 0 aliphatic carbocycles. The lowest BCUT2D eigenvalue weighted by molar-refractivity contribution is 0.0849. The Morgan fingerprint density at radius 2 is 2.00 bits per heavy atom. The molecule has 1 N–H and O–H groups in total. The Kier molecular flexibility index (Phi) is 7.13. The Hall–Kier alpha value is -2.91. The summed E-state index contributed by atoms with van der Waals surface area (Å²) in [6.45, 7) is 13.4. The molecule has 0 aliphatic rings. The SMILES string of the molecule is CC(C)(C)C(=O)c1cn(COCC[Si](C)(C)C)c2ncc(Nc3ccc(C=O)c(F)c3)nc12. The zero-order chi connectivity index (χ0) is 24.4. The van der Waals surface area contributed by atoms with Crippen LogP contribution in [0.2, 0.25) is 25.7 Å². The number of halogens is 1. The number of Topliss-reactive ketones (excluding diaryl/α,β-unsaturated/α-hetero) is 1. The molecule has 0 amide bonds. The van der Waals surface area contributed by atoms with Crippen molar-refractivity contribution in [2.75, 3.05) is 11.9 Å². The summed E-state index contributed by atoms with van der Waals surface area (Å²) in [6.07, 6.45) is 3.73. The minimum atomic E-state index is -1.21. The van der Waals surface area contributed by atoms with E-state index in [0.717, 1.165) is 6.04 Å². The largest absolute Gasteiger partial charge is 0.361 e. The van der Waals surface area contributed by atoms with Crippen LogP contribution in [0.15, 0.2) is 30.6 Å². The summed E-state index contributed by atoms with van der Waals surface area (Å²) in [5.41, 5.74) is 1.26. The van der Waals surface area contributed by atoms with Crippen LogP contribution in [0.3, 0.4) is 0 Å². The summed E-state index contributed by atoms with van der Waals surface area (Å²) in [5, 5.41) is 2.99. The first-order valence-corrected chi connectivity index (χ1v) is 14.6. The Morgan fingerprint density at radius 3 is 2.61 bits per heavy atom. The molecule has 2 heterocycles. The van der Waals surface area contributed by atoms with Gasteiger partial charge in [-0.25, -0.2) is 14.4 Å². The molecule has 0 fully saturated rings. The van der Waals surface area contributed by atoms with Crippen LogP contribution < -0.4 is 5.32 Å². The third kappa shape index (κ3) is 6.11. The number of rotatable bonds is 9. The molecule has 1 aromatic carbocycles. The van der Waals surface area contributed by atoms with Gasteiger partial charge in [0.15, 0.2) is 17.7 Å². The molecule has 0 aliphatic heterocycles. The zero-order valence-electron chi connectivity index (χ0n) is 20.0. The summed E-state index contributed by atoms with van der Waals surface area (Å²) in [6, 6.07) is 5.23. The summed E-state index contributed by atoms with van der Waals surface area (Å²) < 4.78 is 21.6. The third-order valence-electron chi connectivity index (χ3n) is 5.12. The van der Waals surface area contributed by atoms with E-state index in [0.29, 0.717) is 41.1 Å². The van der Waals surface area contributed by atoms with Crippen LogP contribution in [0, 0.1) is 11.2 Å². The van der Waals surface area contributed by atoms with E-state index in [-0.39, 0.29) is 18.1 Å². The van der Waals surface area contributed by atoms with Gasteiger partial charge in [0.25, 0.3) is 0 Å². The lowest BCUT2D eigenvalue weighted by Gasteiger charge is -2.16. The van der Waals surface area contributed by atoms with Gasteiger partial charge in [-0.05, 0) is 24.2 Å². The Labute approximate surface area is 194 Å². The lowest BCUT2D eigenvalue weighted by Crippen LogP contribution is -2.22. The Morgan fingerprint density at radius 1 is 1.27 bits per heavy atom. The normalized spacial score (nSPS) is 12.2. The van der Waals surface area contributed by atoms with Crippen molar-refractivity contribution in [1.82, 2.24) is 14.5 Å². The first-order valence-electron chi connectivity index (χ1n) is 10.9. The molecule has 0 bridgehead atoms. The fourth-order valence-corrected chi connectivity index (χ4v) is 3.93. The highest BCUT2D eigenvalue weighted by Crippen LogP contribution is 2.28. The number of carbonyl (C=O) groups excluding carboxylic acids is 2. The van der Waals surface area contributed by atoms with Gasteiger partial charge in [-0.2, -0.15) is 0 Å². The maximum absolute atomic E-state index is 14.0. The predicted octanol–water partition coefficient (Wildman–Crippen LogP) is 5.67. The molecule has 176 valence electrons. The lowest BCUT2D eigenvalue weighted by atomic mass is 9.87. The van der Waals surface area contributed by atoms with Gasteiger partial charge in [-0.1, -0.05) is 40.4 Å². The minimum Gasteiger partial charge on any atom is -0.361 e. The van der Waals surface area contributed by atoms with Crippen molar-refractivity contribution in [2.24, 2.45) is 5.41 Å². The average Bonchev–Trinajstić information content (AvgIpc) is 3.07. The fourth-order valence-electron chi connectivity index (χ4n) is 3.17. The number of nitrogens with zero attached hydrogens (tertiary/aromatic N) is 3. The van der Waals surface area contributed by atoms with Crippen LogP contribution in [0.4, 0.5) is 15.9 Å². The van der Waals surface area contributed by atoms with Gasteiger partial charge in [0.05, 0.1) is 17.3 Å². The van der Waals surface area contributed by atoms with E-state index in [1.54, 1.807) is 16.8 Å². The van der Waals surface area contributed by atoms with Crippen molar-refractivity contribution in [3.05, 3.63) is 47.5 Å². The number of aromatic nitrogens is 3. The maximum Gasteiger partial charge on any atom is 0.171 e. The third-order valence-corrected chi connectivity index (χ3v) is 6.82. The van der Waals surface area contributed by atoms with E-state index in [1.165, 1.54) is 18.3 Å².